The normalized spacial score (nSPS) is 21.1. The van der Waals surface area contributed by atoms with Crippen LogP contribution in [0.4, 0.5) is 0 Å². The minimum absolute atomic E-state index is 0.0443. The van der Waals surface area contributed by atoms with Crippen molar-refractivity contribution in [2.24, 2.45) is 0 Å². The summed E-state index contributed by atoms with van der Waals surface area (Å²) < 4.78 is 10.9. The van der Waals surface area contributed by atoms with Crippen LogP contribution in [0.2, 0.25) is 0 Å². The maximum atomic E-state index is 13.2. The number of rotatable bonds is 4. The molecule has 2 fully saturated rings. The standard InChI is InChI=1S/C26H29N3O5/c30-24(28-12-14-33-15-13-28)18-27-8-10-29(11-9-27)25(31)20-6-7-22-21(16-20)17-23(34-26(22)32)19-4-2-1-3-5-19/h1-7,16,23H,8-15,17-18H2. The van der Waals surface area contributed by atoms with Crippen LogP contribution in [0.1, 0.15) is 37.9 Å². The molecule has 0 bridgehead atoms. The average Bonchev–Trinajstić information content (AvgIpc) is 2.89. The number of nitrogens with zero attached hydrogens (tertiary/aromatic N) is 3. The summed E-state index contributed by atoms with van der Waals surface area (Å²) in [6, 6.07) is 14.9. The van der Waals surface area contributed by atoms with Gasteiger partial charge in [0.2, 0.25) is 5.91 Å². The van der Waals surface area contributed by atoms with Crippen molar-refractivity contribution in [3.8, 4) is 0 Å². The van der Waals surface area contributed by atoms with Crippen molar-refractivity contribution in [3.05, 3.63) is 70.8 Å². The Morgan fingerprint density at radius 1 is 0.882 bits per heavy atom. The minimum atomic E-state index is -0.354. The van der Waals surface area contributed by atoms with Crippen molar-refractivity contribution in [2.45, 2.75) is 12.5 Å². The fraction of sp³-hybridized carbons (Fsp3) is 0.423. The van der Waals surface area contributed by atoms with Gasteiger partial charge in [0, 0.05) is 51.3 Å². The highest BCUT2D eigenvalue weighted by atomic mass is 16.5. The number of ether oxygens (including phenoxy) is 2. The molecule has 0 radical (unpaired) electrons. The van der Waals surface area contributed by atoms with E-state index in [1.54, 1.807) is 12.1 Å². The van der Waals surface area contributed by atoms with Crippen LogP contribution >= 0.6 is 0 Å². The smallest absolute Gasteiger partial charge is 0.339 e. The van der Waals surface area contributed by atoms with E-state index in [1.807, 2.05) is 46.2 Å². The van der Waals surface area contributed by atoms with E-state index in [4.69, 9.17) is 9.47 Å². The maximum Gasteiger partial charge on any atom is 0.339 e. The van der Waals surface area contributed by atoms with Gasteiger partial charge in [0.25, 0.3) is 5.91 Å². The van der Waals surface area contributed by atoms with E-state index >= 15 is 0 Å². The van der Waals surface area contributed by atoms with Crippen molar-refractivity contribution in [2.75, 3.05) is 59.0 Å². The Hall–Kier alpha value is -3.23. The van der Waals surface area contributed by atoms with Crippen molar-refractivity contribution >= 4 is 17.8 Å². The highest BCUT2D eigenvalue weighted by Crippen LogP contribution is 2.31. The molecular weight excluding hydrogens is 434 g/mol. The number of fused-ring (bicyclic) bond motifs is 1. The van der Waals surface area contributed by atoms with Crippen LogP contribution in [0.25, 0.3) is 0 Å². The molecule has 1 atom stereocenters. The first kappa shape index (κ1) is 22.6. The molecular formula is C26H29N3O5. The largest absolute Gasteiger partial charge is 0.454 e. The number of morpholine rings is 1. The lowest BCUT2D eigenvalue weighted by Gasteiger charge is -2.36. The Labute approximate surface area is 199 Å². The molecule has 8 nitrogen and oxygen atoms in total. The summed E-state index contributed by atoms with van der Waals surface area (Å²) >= 11 is 0. The van der Waals surface area contributed by atoms with Crippen LogP contribution in [0.3, 0.4) is 0 Å². The lowest BCUT2D eigenvalue weighted by atomic mass is 9.93. The first-order valence-corrected chi connectivity index (χ1v) is 11.8. The zero-order valence-electron chi connectivity index (χ0n) is 19.2. The SMILES string of the molecule is O=C1OC(c2ccccc2)Cc2cc(C(=O)N3CCN(CC(=O)N4CCOCC4)CC3)ccc21. The number of esters is 1. The average molecular weight is 464 g/mol. The Bertz CT molecular complexity index is 1060. The molecule has 3 aliphatic rings. The number of cyclic esters (lactones) is 1. The summed E-state index contributed by atoms with van der Waals surface area (Å²) in [7, 11) is 0. The van der Waals surface area contributed by atoms with Gasteiger partial charge in [-0.15, -0.1) is 0 Å². The predicted molar refractivity (Wildman–Crippen MR) is 124 cm³/mol. The zero-order valence-corrected chi connectivity index (χ0v) is 19.2. The maximum absolute atomic E-state index is 13.2. The molecule has 2 aromatic rings. The molecule has 2 amide bonds. The second kappa shape index (κ2) is 9.95. The Balaban J connectivity index is 1.20. The first-order valence-electron chi connectivity index (χ1n) is 11.8. The third-order valence-corrected chi connectivity index (χ3v) is 6.78. The molecule has 0 N–H and O–H groups in total. The molecule has 2 saturated heterocycles. The van der Waals surface area contributed by atoms with Crippen LogP contribution in [-0.2, 0) is 20.7 Å². The fourth-order valence-electron chi connectivity index (χ4n) is 4.78. The van der Waals surface area contributed by atoms with Gasteiger partial charge in [-0.05, 0) is 29.3 Å². The molecule has 0 saturated carbocycles. The molecule has 2 aromatic carbocycles. The van der Waals surface area contributed by atoms with Crippen molar-refractivity contribution in [1.29, 1.82) is 0 Å². The number of benzene rings is 2. The van der Waals surface area contributed by atoms with E-state index in [0.29, 0.717) is 76.6 Å². The molecule has 178 valence electrons. The number of amides is 2. The number of piperazine rings is 1. The van der Waals surface area contributed by atoms with Gasteiger partial charge in [0.15, 0.2) is 0 Å². The van der Waals surface area contributed by atoms with Crippen molar-refractivity contribution in [3.63, 3.8) is 0 Å². The lowest BCUT2D eigenvalue weighted by molar-refractivity contribution is -0.136. The summed E-state index contributed by atoms with van der Waals surface area (Å²) in [5, 5.41) is 0. The number of carbonyl (C=O) groups excluding carboxylic acids is 3. The van der Waals surface area contributed by atoms with E-state index in [2.05, 4.69) is 4.90 Å². The number of carbonyl (C=O) groups is 3. The monoisotopic (exact) mass is 463 g/mol. The van der Waals surface area contributed by atoms with Crippen LogP contribution in [0.15, 0.2) is 48.5 Å². The molecule has 0 spiro atoms. The van der Waals surface area contributed by atoms with E-state index in [9.17, 15) is 14.4 Å². The number of hydrogen-bond acceptors (Lipinski definition) is 6. The number of hydrogen-bond donors (Lipinski definition) is 0. The summed E-state index contributed by atoms with van der Waals surface area (Å²) in [4.78, 5) is 44.0. The molecule has 1 unspecified atom stereocenters. The molecule has 0 aliphatic carbocycles. The third kappa shape index (κ3) is 4.83. The van der Waals surface area contributed by atoms with Crippen LogP contribution < -0.4 is 0 Å². The summed E-state index contributed by atoms with van der Waals surface area (Å²) in [5.74, 6) is -0.276. The van der Waals surface area contributed by atoms with Gasteiger partial charge in [0.05, 0.1) is 25.3 Å². The van der Waals surface area contributed by atoms with Gasteiger partial charge in [-0.1, -0.05) is 30.3 Å². The molecule has 3 heterocycles. The van der Waals surface area contributed by atoms with E-state index in [0.717, 1.165) is 11.1 Å². The van der Waals surface area contributed by atoms with E-state index in [1.165, 1.54) is 0 Å². The van der Waals surface area contributed by atoms with Gasteiger partial charge in [0.1, 0.15) is 6.10 Å². The van der Waals surface area contributed by atoms with E-state index in [-0.39, 0.29) is 23.9 Å². The summed E-state index contributed by atoms with van der Waals surface area (Å²) in [6.45, 7) is 5.33. The van der Waals surface area contributed by atoms with Gasteiger partial charge >= 0.3 is 5.97 Å². The van der Waals surface area contributed by atoms with Gasteiger partial charge in [-0.3, -0.25) is 14.5 Å². The van der Waals surface area contributed by atoms with Gasteiger partial charge < -0.3 is 19.3 Å². The predicted octanol–water partition coefficient (Wildman–Crippen LogP) is 1.76. The second-order valence-corrected chi connectivity index (χ2v) is 8.94. The van der Waals surface area contributed by atoms with Crippen molar-refractivity contribution < 1.29 is 23.9 Å². The molecule has 0 aromatic heterocycles. The minimum Gasteiger partial charge on any atom is -0.454 e. The highest BCUT2D eigenvalue weighted by Gasteiger charge is 2.30. The van der Waals surface area contributed by atoms with Crippen LogP contribution in [-0.4, -0.2) is 91.5 Å². The highest BCUT2D eigenvalue weighted by molar-refractivity contribution is 5.98. The second-order valence-electron chi connectivity index (χ2n) is 8.94. The molecule has 5 rings (SSSR count). The Morgan fingerprint density at radius 2 is 1.62 bits per heavy atom. The Kier molecular flexibility index (Phi) is 6.60. The van der Waals surface area contributed by atoms with Crippen molar-refractivity contribution in [1.82, 2.24) is 14.7 Å². The summed E-state index contributed by atoms with van der Waals surface area (Å²) in [6.07, 6.45) is 0.197. The molecule has 8 heteroatoms. The molecule has 34 heavy (non-hydrogen) atoms. The van der Waals surface area contributed by atoms with Gasteiger partial charge in [-0.2, -0.15) is 0 Å². The Morgan fingerprint density at radius 3 is 2.35 bits per heavy atom. The van der Waals surface area contributed by atoms with Crippen LogP contribution in [0.5, 0.6) is 0 Å². The quantitative estimate of drug-likeness (QED) is 0.643. The van der Waals surface area contributed by atoms with E-state index < -0.39 is 0 Å². The summed E-state index contributed by atoms with van der Waals surface area (Å²) in [5.41, 5.74) is 2.89. The molecule has 3 aliphatic heterocycles. The third-order valence-electron chi connectivity index (χ3n) is 6.78. The zero-order chi connectivity index (χ0) is 23.5. The fourth-order valence-corrected chi connectivity index (χ4v) is 4.78. The lowest BCUT2D eigenvalue weighted by Crippen LogP contribution is -2.52. The van der Waals surface area contributed by atoms with Gasteiger partial charge in [-0.25, -0.2) is 4.79 Å². The topological polar surface area (TPSA) is 79.4 Å². The first-order chi connectivity index (χ1) is 16.6. The van der Waals surface area contributed by atoms with Crippen LogP contribution in [0, 0.1) is 0 Å².